The number of hydrogen-bond donors (Lipinski definition) is 0. The Labute approximate surface area is 105 Å². The van der Waals surface area contributed by atoms with E-state index in [1.807, 2.05) is 30.8 Å². The maximum Gasteiger partial charge on any atom is 0.135 e. The smallest absolute Gasteiger partial charge is 0.135 e. The Morgan fingerprint density at radius 2 is 2.00 bits per heavy atom. The quantitative estimate of drug-likeness (QED) is 0.691. The van der Waals surface area contributed by atoms with Crippen molar-refractivity contribution in [2.75, 3.05) is 7.11 Å². The third kappa shape index (κ3) is 1.57. The fraction of sp³-hybridized carbons (Fsp3) is 0.214. The number of aryl methyl sites for hydroxylation is 2. The van der Waals surface area contributed by atoms with Crippen molar-refractivity contribution in [3.8, 4) is 11.6 Å². The van der Waals surface area contributed by atoms with Crippen LogP contribution in [-0.2, 0) is 7.05 Å². The summed E-state index contributed by atoms with van der Waals surface area (Å²) in [5.74, 6) is 1.94. The van der Waals surface area contributed by atoms with Crippen molar-refractivity contribution in [2.45, 2.75) is 6.92 Å². The van der Waals surface area contributed by atoms with Crippen LogP contribution in [0.15, 0.2) is 36.5 Å². The van der Waals surface area contributed by atoms with Gasteiger partial charge in [0.1, 0.15) is 11.6 Å². The topological polar surface area (TPSA) is 32.0 Å². The molecule has 2 heterocycles. The van der Waals surface area contributed by atoms with Crippen molar-refractivity contribution >= 4 is 10.9 Å². The minimum atomic E-state index is 0.876. The Morgan fingerprint density at radius 1 is 1.17 bits per heavy atom. The molecule has 0 aliphatic heterocycles. The highest BCUT2D eigenvalue weighted by molar-refractivity contribution is 5.83. The summed E-state index contributed by atoms with van der Waals surface area (Å²) in [6.07, 6.45) is 2.06. The lowest BCUT2D eigenvalue weighted by Crippen LogP contribution is -2.01. The van der Waals surface area contributed by atoms with E-state index in [0.29, 0.717) is 0 Å². The van der Waals surface area contributed by atoms with Gasteiger partial charge in [0.05, 0.1) is 18.3 Å². The SMILES string of the molecule is COc1ccc2c(ccn2-c2cc(C)nn2C)c1. The van der Waals surface area contributed by atoms with E-state index < -0.39 is 0 Å². The highest BCUT2D eigenvalue weighted by Crippen LogP contribution is 2.24. The molecule has 4 nitrogen and oxygen atoms in total. The molecular weight excluding hydrogens is 226 g/mol. The molecule has 2 aromatic heterocycles. The molecule has 0 fully saturated rings. The van der Waals surface area contributed by atoms with Crippen LogP contribution in [0.1, 0.15) is 5.69 Å². The molecule has 4 heteroatoms. The van der Waals surface area contributed by atoms with Crippen molar-refractivity contribution < 1.29 is 4.74 Å². The normalized spacial score (nSPS) is 11.1. The largest absolute Gasteiger partial charge is 0.497 e. The summed E-state index contributed by atoms with van der Waals surface area (Å²) in [4.78, 5) is 0. The molecule has 0 atom stereocenters. The van der Waals surface area contributed by atoms with E-state index in [9.17, 15) is 0 Å². The van der Waals surface area contributed by atoms with E-state index in [1.54, 1.807) is 7.11 Å². The lowest BCUT2D eigenvalue weighted by Gasteiger charge is -2.06. The average molecular weight is 241 g/mol. The van der Waals surface area contributed by atoms with Gasteiger partial charge >= 0.3 is 0 Å². The Morgan fingerprint density at radius 3 is 2.67 bits per heavy atom. The maximum absolute atomic E-state index is 5.24. The molecule has 0 amide bonds. The Balaban J connectivity index is 2.21. The second-order valence-corrected chi connectivity index (χ2v) is 4.38. The summed E-state index contributed by atoms with van der Waals surface area (Å²) in [5, 5.41) is 5.54. The lowest BCUT2D eigenvalue weighted by atomic mass is 10.2. The lowest BCUT2D eigenvalue weighted by molar-refractivity contribution is 0.415. The van der Waals surface area contributed by atoms with Gasteiger partial charge in [-0.05, 0) is 31.2 Å². The fourth-order valence-electron chi connectivity index (χ4n) is 2.27. The van der Waals surface area contributed by atoms with Crippen LogP contribution in [0, 0.1) is 6.92 Å². The summed E-state index contributed by atoms with van der Waals surface area (Å²) >= 11 is 0. The summed E-state index contributed by atoms with van der Waals surface area (Å²) in [6, 6.07) is 10.2. The van der Waals surface area contributed by atoms with E-state index in [-0.39, 0.29) is 0 Å². The van der Waals surface area contributed by atoms with Crippen LogP contribution in [0.4, 0.5) is 0 Å². The first-order valence-corrected chi connectivity index (χ1v) is 5.85. The molecule has 0 saturated heterocycles. The minimum absolute atomic E-state index is 0.876. The maximum atomic E-state index is 5.24. The number of aromatic nitrogens is 3. The molecule has 0 radical (unpaired) electrons. The molecular formula is C14H15N3O. The van der Waals surface area contributed by atoms with E-state index >= 15 is 0 Å². The Kier molecular flexibility index (Phi) is 2.37. The fourth-order valence-corrected chi connectivity index (χ4v) is 2.27. The third-order valence-electron chi connectivity index (χ3n) is 3.12. The van der Waals surface area contributed by atoms with Crippen molar-refractivity contribution in [3.63, 3.8) is 0 Å². The van der Waals surface area contributed by atoms with Crippen LogP contribution in [0.25, 0.3) is 16.7 Å². The van der Waals surface area contributed by atoms with Gasteiger partial charge in [-0.3, -0.25) is 4.68 Å². The van der Waals surface area contributed by atoms with E-state index in [2.05, 4.69) is 34.1 Å². The average Bonchev–Trinajstić information content (AvgIpc) is 2.91. The molecule has 3 aromatic rings. The highest BCUT2D eigenvalue weighted by atomic mass is 16.5. The van der Waals surface area contributed by atoms with Gasteiger partial charge in [0.15, 0.2) is 0 Å². The van der Waals surface area contributed by atoms with Gasteiger partial charge in [0, 0.05) is 24.7 Å². The van der Waals surface area contributed by atoms with E-state index in [4.69, 9.17) is 4.74 Å². The standard InChI is InChI=1S/C14H15N3O/c1-10-8-14(16(2)15-10)17-7-6-11-9-12(18-3)4-5-13(11)17/h4-9H,1-3H3. The van der Waals surface area contributed by atoms with Gasteiger partial charge in [0.2, 0.25) is 0 Å². The van der Waals surface area contributed by atoms with Crippen LogP contribution in [0.3, 0.4) is 0 Å². The van der Waals surface area contributed by atoms with Crippen LogP contribution >= 0.6 is 0 Å². The van der Waals surface area contributed by atoms with Gasteiger partial charge in [-0.25, -0.2) is 0 Å². The molecule has 0 aliphatic rings. The molecule has 0 unspecified atom stereocenters. The molecule has 0 bridgehead atoms. The van der Waals surface area contributed by atoms with Gasteiger partial charge in [-0.15, -0.1) is 0 Å². The van der Waals surface area contributed by atoms with Crippen molar-refractivity contribution in [1.82, 2.24) is 14.3 Å². The number of ether oxygens (including phenoxy) is 1. The number of hydrogen-bond acceptors (Lipinski definition) is 2. The number of methoxy groups -OCH3 is 1. The van der Waals surface area contributed by atoms with Crippen LogP contribution in [0.2, 0.25) is 0 Å². The number of rotatable bonds is 2. The number of nitrogens with zero attached hydrogens (tertiary/aromatic N) is 3. The Bertz CT molecular complexity index is 709. The molecule has 3 rings (SSSR count). The van der Waals surface area contributed by atoms with Crippen molar-refractivity contribution in [1.29, 1.82) is 0 Å². The van der Waals surface area contributed by atoms with Crippen LogP contribution in [0.5, 0.6) is 5.75 Å². The van der Waals surface area contributed by atoms with Crippen LogP contribution in [-0.4, -0.2) is 21.5 Å². The van der Waals surface area contributed by atoms with E-state index in [1.165, 1.54) is 0 Å². The highest BCUT2D eigenvalue weighted by Gasteiger charge is 2.08. The minimum Gasteiger partial charge on any atom is -0.497 e. The molecule has 1 aromatic carbocycles. The zero-order chi connectivity index (χ0) is 12.7. The van der Waals surface area contributed by atoms with Gasteiger partial charge in [-0.2, -0.15) is 5.10 Å². The molecule has 18 heavy (non-hydrogen) atoms. The summed E-state index contributed by atoms with van der Waals surface area (Å²) < 4.78 is 9.26. The first-order chi connectivity index (χ1) is 8.69. The Hall–Kier alpha value is -2.23. The van der Waals surface area contributed by atoms with Gasteiger partial charge in [-0.1, -0.05) is 0 Å². The zero-order valence-corrected chi connectivity index (χ0v) is 10.7. The molecule has 0 N–H and O–H groups in total. The second-order valence-electron chi connectivity index (χ2n) is 4.38. The summed E-state index contributed by atoms with van der Waals surface area (Å²) in [7, 11) is 3.64. The summed E-state index contributed by atoms with van der Waals surface area (Å²) in [6.45, 7) is 2.00. The first kappa shape index (κ1) is 10.9. The predicted octanol–water partition coefficient (Wildman–Crippen LogP) is 2.68. The predicted molar refractivity (Wildman–Crippen MR) is 71.3 cm³/mol. The van der Waals surface area contributed by atoms with Crippen molar-refractivity contribution in [2.24, 2.45) is 7.05 Å². The first-order valence-electron chi connectivity index (χ1n) is 5.85. The van der Waals surface area contributed by atoms with Crippen LogP contribution < -0.4 is 4.74 Å². The molecule has 0 saturated carbocycles. The monoisotopic (exact) mass is 241 g/mol. The van der Waals surface area contributed by atoms with Gasteiger partial charge < -0.3 is 9.30 Å². The molecule has 0 spiro atoms. The summed E-state index contributed by atoms with van der Waals surface area (Å²) in [5.41, 5.74) is 2.17. The number of fused-ring (bicyclic) bond motifs is 1. The molecule has 92 valence electrons. The van der Waals surface area contributed by atoms with E-state index in [0.717, 1.165) is 28.2 Å². The van der Waals surface area contributed by atoms with Crippen molar-refractivity contribution in [3.05, 3.63) is 42.2 Å². The molecule has 0 aliphatic carbocycles. The number of benzene rings is 1. The van der Waals surface area contributed by atoms with Gasteiger partial charge in [0.25, 0.3) is 0 Å². The third-order valence-corrected chi connectivity index (χ3v) is 3.12. The zero-order valence-electron chi connectivity index (χ0n) is 10.7. The second kappa shape index (κ2) is 3.91.